The molecule has 5 rings (SSSR count). The van der Waals surface area contributed by atoms with Crippen molar-refractivity contribution in [2.45, 2.75) is 82.2 Å². The van der Waals surface area contributed by atoms with E-state index < -0.39 is 41.1 Å². The molecule has 7 atom stereocenters. The van der Waals surface area contributed by atoms with Gasteiger partial charge in [0, 0.05) is 12.6 Å². The molecule has 1 N–H and O–H groups in total. The fraction of sp³-hybridized carbons (Fsp3) is 0.581. The Balaban J connectivity index is 1.64. The zero-order valence-corrected chi connectivity index (χ0v) is 23.1. The molecule has 8 heteroatoms. The summed E-state index contributed by atoms with van der Waals surface area (Å²) in [6, 6.07) is 7.90. The number of nitrogens with zero attached hydrogens (tertiary/aromatic N) is 2. The average Bonchev–Trinajstić information content (AvgIpc) is 3.27. The van der Waals surface area contributed by atoms with E-state index in [9.17, 15) is 19.5 Å². The summed E-state index contributed by atoms with van der Waals surface area (Å²) in [6.45, 7) is 6.25. The van der Waals surface area contributed by atoms with Gasteiger partial charge in [0.1, 0.15) is 17.6 Å². The van der Waals surface area contributed by atoms with Gasteiger partial charge in [-0.05, 0) is 45.1 Å². The number of cyclic esters (lactones) is 1. The molecule has 1 spiro atoms. The van der Waals surface area contributed by atoms with E-state index in [1.54, 1.807) is 0 Å². The van der Waals surface area contributed by atoms with Gasteiger partial charge >= 0.3 is 5.97 Å². The second-order valence-corrected chi connectivity index (χ2v) is 11.5. The Morgan fingerprint density at radius 3 is 2.56 bits per heavy atom. The number of carbonyl (C=O) groups is 3. The van der Waals surface area contributed by atoms with Gasteiger partial charge in [-0.25, -0.2) is 0 Å². The van der Waals surface area contributed by atoms with Crippen molar-refractivity contribution in [3.05, 3.63) is 60.2 Å². The number of rotatable bonds is 7. The third-order valence-electron chi connectivity index (χ3n) is 8.88. The number of fused-ring (bicyclic) bond motifs is 2. The second-order valence-electron chi connectivity index (χ2n) is 11.5. The fourth-order valence-corrected chi connectivity index (χ4v) is 7.09. The number of amides is 2. The van der Waals surface area contributed by atoms with Crippen LogP contribution in [0.25, 0.3) is 0 Å². The summed E-state index contributed by atoms with van der Waals surface area (Å²) in [5.74, 6) is -2.91. The second kappa shape index (κ2) is 10.9. The summed E-state index contributed by atoms with van der Waals surface area (Å²) in [5, 5.41) is 10.6. The number of carbonyl (C=O) groups excluding carboxylic acids is 3. The van der Waals surface area contributed by atoms with Crippen LogP contribution in [0.15, 0.2) is 54.6 Å². The number of ether oxygens (including phenoxy) is 2. The van der Waals surface area contributed by atoms with Gasteiger partial charge in [-0.15, -0.1) is 0 Å². The SMILES string of the molecule is CCCC(C)N1CC=C[C@]23O[C@]4(C)/C=C\CCCOC(=O)[C@@H]4[C@H]2C(=O)N([C@@H](CO)Cc2ccccc2)C3C1=O. The molecule has 2 amide bonds. The standard InChI is InChI=1S/C31H40N2O6/c1-4-12-21(2)32-17-11-16-31-24(25-29(37)38-18-10-6-9-15-30(25,3)39-31)27(35)33(26(31)28(32)36)23(20-34)19-22-13-7-5-8-14-22/h5,7-9,11,13-16,21,23-26,34H,4,6,10,12,17-20H2,1-3H3/b15-9-/t21?,23-,24+,25+,26?,30-,31+/m1/s1. The highest BCUT2D eigenvalue weighted by molar-refractivity contribution is 5.99. The van der Waals surface area contributed by atoms with Crippen LogP contribution in [0.1, 0.15) is 52.0 Å². The van der Waals surface area contributed by atoms with E-state index in [0.717, 1.165) is 24.8 Å². The highest BCUT2D eigenvalue weighted by Gasteiger charge is 2.75. The zero-order chi connectivity index (χ0) is 27.8. The van der Waals surface area contributed by atoms with Gasteiger partial charge in [0.15, 0.2) is 0 Å². The third-order valence-corrected chi connectivity index (χ3v) is 8.88. The van der Waals surface area contributed by atoms with E-state index in [4.69, 9.17) is 9.47 Å². The molecule has 2 unspecified atom stereocenters. The first kappa shape index (κ1) is 27.6. The van der Waals surface area contributed by atoms with Crippen molar-refractivity contribution in [2.24, 2.45) is 11.8 Å². The van der Waals surface area contributed by atoms with Crippen LogP contribution in [0.3, 0.4) is 0 Å². The van der Waals surface area contributed by atoms with Crippen molar-refractivity contribution in [3.63, 3.8) is 0 Å². The van der Waals surface area contributed by atoms with E-state index in [0.29, 0.717) is 19.4 Å². The molecule has 2 fully saturated rings. The van der Waals surface area contributed by atoms with Gasteiger partial charge in [0.25, 0.3) is 0 Å². The topological polar surface area (TPSA) is 96.4 Å². The Bertz CT molecular complexity index is 1150. The van der Waals surface area contributed by atoms with Crippen LogP contribution < -0.4 is 0 Å². The number of likely N-dealkylation sites (tertiary alicyclic amines) is 1. The lowest BCUT2D eigenvalue weighted by atomic mass is 9.74. The first-order valence-corrected chi connectivity index (χ1v) is 14.3. The monoisotopic (exact) mass is 536 g/mol. The number of allylic oxidation sites excluding steroid dienone is 1. The predicted molar refractivity (Wildman–Crippen MR) is 145 cm³/mol. The number of hydrogen-bond acceptors (Lipinski definition) is 6. The normalized spacial score (nSPS) is 34.7. The van der Waals surface area contributed by atoms with Crippen LogP contribution in [-0.2, 0) is 30.3 Å². The van der Waals surface area contributed by atoms with Crippen LogP contribution in [0.2, 0.25) is 0 Å². The van der Waals surface area contributed by atoms with E-state index >= 15 is 0 Å². The zero-order valence-electron chi connectivity index (χ0n) is 23.1. The van der Waals surface area contributed by atoms with Crippen LogP contribution in [0.5, 0.6) is 0 Å². The van der Waals surface area contributed by atoms with E-state index in [2.05, 4.69) is 6.92 Å². The summed E-state index contributed by atoms with van der Waals surface area (Å²) < 4.78 is 12.5. The molecule has 4 aliphatic heterocycles. The number of aliphatic hydroxyl groups is 1. The molecule has 39 heavy (non-hydrogen) atoms. The molecule has 1 aromatic carbocycles. The van der Waals surface area contributed by atoms with Crippen molar-refractivity contribution in [1.82, 2.24) is 9.80 Å². The van der Waals surface area contributed by atoms with E-state index in [1.807, 2.05) is 73.4 Å². The Hall–Kier alpha value is -2.97. The molecule has 0 saturated carbocycles. The van der Waals surface area contributed by atoms with E-state index in [1.165, 1.54) is 4.90 Å². The lowest BCUT2D eigenvalue weighted by molar-refractivity contribution is -0.161. The number of aliphatic hydroxyl groups excluding tert-OH is 1. The molecule has 1 aromatic rings. The molecular formula is C31H40N2O6. The van der Waals surface area contributed by atoms with Crippen LogP contribution in [0, 0.1) is 11.8 Å². The molecule has 210 valence electrons. The minimum Gasteiger partial charge on any atom is -0.465 e. The number of esters is 1. The molecule has 0 aliphatic carbocycles. The van der Waals surface area contributed by atoms with Crippen molar-refractivity contribution < 1.29 is 29.0 Å². The van der Waals surface area contributed by atoms with Crippen molar-refractivity contribution in [2.75, 3.05) is 19.8 Å². The molecule has 0 radical (unpaired) electrons. The van der Waals surface area contributed by atoms with Gasteiger partial charge in [-0.2, -0.15) is 0 Å². The van der Waals surface area contributed by atoms with Crippen molar-refractivity contribution in [3.8, 4) is 0 Å². The summed E-state index contributed by atoms with van der Waals surface area (Å²) >= 11 is 0. The summed E-state index contributed by atoms with van der Waals surface area (Å²) in [7, 11) is 0. The highest BCUT2D eigenvalue weighted by Crippen LogP contribution is 2.57. The molecule has 8 nitrogen and oxygen atoms in total. The molecule has 4 aliphatic rings. The van der Waals surface area contributed by atoms with Gasteiger partial charge < -0.3 is 24.4 Å². The maximum atomic E-state index is 14.5. The molecule has 2 saturated heterocycles. The molecule has 0 bridgehead atoms. The lowest BCUT2D eigenvalue weighted by Gasteiger charge is -2.41. The Kier molecular flexibility index (Phi) is 7.71. The smallest absolute Gasteiger partial charge is 0.313 e. The van der Waals surface area contributed by atoms with Gasteiger partial charge in [0.2, 0.25) is 11.8 Å². The quantitative estimate of drug-likeness (QED) is 0.425. The fourth-order valence-electron chi connectivity index (χ4n) is 7.09. The van der Waals surface area contributed by atoms with Crippen LogP contribution >= 0.6 is 0 Å². The Morgan fingerprint density at radius 2 is 1.85 bits per heavy atom. The van der Waals surface area contributed by atoms with Gasteiger partial charge in [-0.1, -0.05) is 68.0 Å². The summed E-state index contributed by atoms with van der Waals surface area (Å²) in [6.07, 6.45) is 11.1. The highest BCUT2D eigenvalue weighted by atomic mass is 16.6. The first-order valence-electron chi connectivity index (χ1n) is 14.3. The molecule has 0 aromatic heterocycles. The molecular weight excluding hydrogens is 496 g/mol. The number of benzene rings is 1. The van der Waals surface area contributed by atoms with Crippen LogP contribution in [-0.4, -0.2) is 81.8 Å². The summed E-state index contributed by atoms with van der Waals surface area (Å²) in [5.41, 5.74) is -1.53. The lowest BCUT2D eigenvalue weighted by Crippen LogP contribution is -2.60. The third kappa shape index (κ3) is 4.61. The average molecular weight is 537 g/mol. The Labute approximate surface area is 230 Å². The van der Waals surface area contributed by atoms with Gasteiger partial charge in [-0.3, -0.25) is 14.4 Å². The van der Waals surface area contributed by atoms with E-state index in [-0.39, 0.29) is 31.1 Å². The van der Waals surface area contributed by atoms with Crippen molar-refractivity contribution >= 4 is 17.8 Å². The maximum Gasteiger partial charge on any atom is 0.313 e. The van der Waals surface area contributed by atoms with Crippen molar-refractivity contribution in [1.29, 1.82) is 0 Å². The first-order chi connectivity index (χ1) is 18.8. The summed E-state index contributed by atoms with van der Waals surface area (Å²) in [4.78, 5) is 45.9. The largest absolute Gasteiger partial charge is 0.465 e. The predicted octanol–water partition coefficient (Wildman–Crippen LogP) is 3.04. The minimum absolute atomic E-state index is 0.0426. The number of hydrogen-bond donors (Lipinski definition) is 1. The Morgan fingerprint density at radius 1 is 1.08 bits per heavy atom. The minimum atomic E-state index is -1.36. The van der Waals surface area contributed by atoms with Crippen LogP contribution in [0.4, 0.5) is 0 Å². The van der Waals surface area contributed by atoms with Gasteiger partial charge in [0.05, 0.1) is 30.8 Å². The maximum absolute atomic E-state index is 14.5. The molecule has 4 heterocycles.